The number of piperidine rings is 1. The summed E-state index contributed by atoms with van der Waals surface area (Å²) in [6.07, 6.45) is 8.92. The second-order valence-electron chi connectivity index (χ2n) is 7.82. The fraction of sp³-hybridized carbons (Fsp3) is 0.304. The fourth-order valence-electron chi connectivity index (χ4n) is 4.48. The van der Waals surface area contributed by atoms with Crippen LogP contribution in [0.1, 0.15) is 19.3 Å². The fourth-order valence-corrected chi connectivity index (χ4v) is 6.21. The van der Waals surface area contributed by atoms with Gasteiger partial charge in [0.05, 0.1) is 4.90 Å². The molecule has 0 N–H and O–H groups in total. The number of sulfonamides is 1. The van der Waals surface area contributed by atoms with Crippen LogP contribution in [0.2, 0.25) is 0 Å². The van der Waals surface area contributed by atoms with Gasteiger partial charge in [-0.15, -0.1) is 0 Å². The Morgan fingerprint density at radius 1 is 1.00 bits per heavy atom. The average Bonchev–Trinajstić information content (AvgIpc) is 3.12. The smallest absolute Gasteiger partial charge is 0.243 e. The van der Waals surface area contributed by atoms with Gasteiger partial charge in [0.2, 0.25) is 10.0 Å². The number of hydrogen-bond donors (Lipinski definition) is 0. The zero-order valence-corrected chi connectivity index (χ0v) is 17.5. The van der Waals surface area contributed by atoms with Gasteiger partial charge in [-0.25, -0.2) is 8.42 Å². The van der Waals surface area contributed by atoms with Gasteiger partial charge in [0.25, 0.3) is 0 Å². The second-order valence-corrected chi connectivity index (χ2v) is 10.2. The molecule has 1 aromatic heterocycles. The van der Waals surface area contributed by atoms with Gasteiger partial charge in [0.15, 0.2) is 0 Å². The first-order valence-corrected chi connectivity index (χ1v) is 11.8. The summed E-state index contributed by atoms with van der Waals surface area (Å²) in [5, 5.41) is 2.66. The predicted molar refractivity (Wildman–Crippen MR) is 116 cm³/mol. The first-order valence-electron chi connectivity index (χ1n) is 9.97. The second kappa shape index (κ2) is 7.31. The Balaban J connectivity index is 1.39. The third-order valence-corrected chi connectivity index (χ3v) is 8.25. The van der Waals surface area contributed by atoms with E-state index in [1.54, 1.807) is 22.5 Å². The SMILES string of the molecule is O=S(=O)(c1ccc2oc3ccccc3c2c1)N1CCC(C2C=CCC(Cl)=C2)CC1. The number of rotatable bonds is 3. The van der Waals surface area contributed by atoms with E-state index in [-0.39, 0.29) is 0 Å². The number of allylic oxidation sites excluding steroid dienone is 4. The zero-order chi connectivity index (χ0) is 20.0. The molecule has 5 rings (SSSR count). The summed E-state index contributed by atoms with van der Waals surface area (Å²) in [6, 6.07) is 12.9. The van der Waals surface area contributed by atoms with Crippen LogP contribution >= 0.6 is 11.6 Å². The maximum atomic E-state index is 13.3. The van der Waals surface area contributed by atoms with Gasteiger partial charge in [-0.1, -0.05) is 48.0 Å². The van der Waals surface area contributed by atoms with Crippen molar-refractivity contribution in [2.75, 3.05) is 13.1 Å². The highest BCUT2D eigenvalue weighted by Gasteiger charge is 2.32. The molecule has 1 saturated heterocycles. The molecule has 0 radical (unpaired) electrons. The van der Waals surface area contributed by atoms with Crippen molar-refractivity contribution in [3.8, 4) is 0 Å². The lowest BCUT2D eigenvalue weighted by Gasteiger charge is -2.34. The Morgan fingerprint density at radius 3 is 2.55 bits per heavy atom. The van der Waals surface area contributed by atoms with Crippen LogP contribution in [0, 0.1) is 11.8 Å². The minimum absolute atomic E-state index is 0.315. The lowest BCUT2D eigenvalue weighted by Crippen LogP contribution is -2.39. The molecule has 1 aliphatic carbocycles. The number of para-hydroxylation sites is 1. The van der Waals surface area contributed by atoms with E-state index in [9.17, 15) is 8.42 Å². The number of hydrogen-bond acceptors (Lipinski definition) is 3. The molecule has 0 bridgehead atoms. The molecule has 29 heavy (non-hydrogen) atoms. The summed E-state index contributed by atoms with van der Waals surface area (Å²) in [6.45, 7) is 1.07. The predicted octanol–water partition coefficient (Wildman–Crippen LogP) is 5.69. The third kappa shape index (κ3) is 3.41. The number of nitrogens with zero attached hydrogens (tertiary/aromatic N) is 1. The van der Waals surface area contributed by atoms with E-state index in [1.807, 2.05) is 24.3 Å². The molecule has 0 amide bonds. The summed E-state index contributed by atoms with van der Waals surface area (Å²) < 4.78 is 34.0. The molecule has 6 heteroatoms. The Morgan fingerprint density at radius 2 is 1.76 bits per heavy atom. The monoisotopic (exact) mass is 427 g/mol. The maximum Gasteiger partial charge on any atom is 0.243 e. The lowest BCUT2D eigenvalue weighted by molar-refractivity contribution is 0.249. The first kappa shape index (κ1) is 18.9. The number of fused-ring (bicyclic) bond motifs is 3. The van der Waals surface area contributed by atoms with Crippen molar-refractivity contribution in [2.24, 2.45) is 11.8 Å². The van der Waals surface area contributed by atoms with E-state index < -0.39 is 10.0 Å². The minimum atomic E-state index is -3.53. The van der Waals surface area contributed by atoms with Crippen LogP contribution in [0.4, 0.5) is 0 Å². The van der Waals surface area contributed by atoms with Crippen LogP contribution in [-0.2, 0) is 10.0 Å². The minimum Gasteiger partial charge on any atom is -0.456 e. The van der Waals surface area contributed by atoms with Crippen molar-refractivity contribution in [1.82, 2.24) is 4.31 Å². The van der Waals surface area contributed by atoms with Crippen LogP contribution < -0.4 is 0 Å². The summed E-state index contributed by atoms with van der Waals surface area (Å²) in [4.78, 5) is 0.329. The lowest BCUT2D eigenvalue weighted by atomic mass is 9.83. The highest BCUT2D eigenvalue weighted by atomic mass is 35.5. The van der Waals surface area contributed by atoms with E-state index >= 15 is 0 Å². The quantitative estimate of drug-likeness (QED) is 0.505. The Hall–Kier alpha value is -2.08. The van der Waals surface area contributed by atoms with Gasteiger partial charge in [-0.3, -0.25) is 0 Å². The maximum absolute atomic E-state index is 13.3. The normalized spacial score (nSPS) is 21.7. The molecule has 150 valence electrons. The Kier molecular flexibility index (Phi) is 4.77. The van der Waals surface area contributed by atoms with E-state index in [2.05, 4.69) is 18.2 Å². The van der Waals surface area contributed by atoms with Crippen molar-refractivity contribution in [3.63, 3.8) is 0 Å². The molecule has 1 unspecified atom stereocenters. The highest BCUT2D eigenvalue weighted by molar-refractivity contribution is 7.89. The van der Waals surface area contributed by atoms with Gasteiger partial charge in [-0.2, -0.15) is 4.31 Å². The zero-order valence-electron chi connectivity index (χ0n) is 15.9. The molecular weight excluding hydrogens is 406 g/mol. The van der Waals surface area contributed by atoms with Gasteiger partial charge in [0.1, 0.15) is 11.2 Å². The average molecular weight is 428 g/mol. The van der Waals surface area contributed by atoms with Crippen molar-refractivity contribution in [3.05, 3.63) is 65.7 Å². The van der Waals surface area contributed by atoms with Gasteiger partial charge in [0, 0.05) is 35.3 Å². The van der Waals surface area contributed by atoms with Gasteiger partial charge in [-0.05, 0) is 48.9 Å². The molecular formula is C23H22ClNO3S. The molecule has 1 aliphatic heterocycles. The van der Waals surface area contributed by atoms with E-state index in [0.717, 1.165) is 40.7 Å². The number of furan rings is 1. The van der Waals surface area contributed by atoms with Crippen LogP contribution in [-0.4, -0.2) is 25.8 Å². The Labute approximate surface area is 175 Å². The largest absolute Gasteiger partial charge is 0.456 e. The van der Waals surface area contributed by atoms with Crippen LogP contribution in [0.25, 0.3) is 21.9 Å². The molecule has 2 aliphatic rings. The molecule has 2 aromatic carbocycles. The van der Waals surface area contributed by atoms with Crippen LogP contribution in [0.5, 0.6) is 0 Å². The number of benzene rings is 2. The summed E-state index contributed by atoms with van der Waals surface area (Å²) in [7, 11) is -3.53. The van der Waals surface area contributed by atoms with Crippen molar-refractivity contribution < 1.29 is 12.8 Å². The van der Waals surface area contributed by atoms with E-state index in [0.29, 0.717) is 35.4 Å². The molecule has 1 fully saturated rings. The molecule has 3 aromatic rings. The van der Waals surface area contributed by atoms with Gasteiger partial charge < -0.3 is 4.42 Å². The standard InChI is InChI=1S/C23H22ClNO3S/c24-18-5-3-4-17(14-18)16-10-12-25(13-11-16)29(26,27)19-8-9-23-21(15-19)20-6-1-2-7-22(20)28-23/h1-4,6-9,14-17H,5,10-13H2. The summed E-state index contributed by atoms with van der Waals surface area (Å²) in [5.41, 5.74) is 1.47. The van der Waals surface area contributed by atoms with Crippen molar-refractivity contribution >= 4 is 43.6 Å². The molecule has 1 atom stereocenters. The topological polar surface area (TPSA) is 50.5 Å². The van der Waals surface area contributed by atoms with E-state index in [1.165, 1.54) is 0 Å². The molecule has 4 nitrogen and oxygen atoms in total. The van der Waals surface area contributed by atoms with Gasteiger partial charge >= 0.3 is 0 Å². The number of halogens is 1. The molecule has 0 spiro atoms. The molecule has 0 saturated carbocycles. The summed E-state index contributed by atoms with van der Waals surface area (Å²) >= 11 is 6.19. The van der Waals surface area contributed by atoms with Crippen molar-refractivity contribution in [1.29, 1.82) is 0 Å². The Bertz CT molecular complexity index is 1230. The van der Waals surface area contributed by atoms with E-state index in [4.69, 9.17) is 16.0 Å². The van der Waals surface area contributed by atoms with Crippen molar-refractivity contribution in [2.45, 2.75) is 24.2 Å². The third-order valence-electron chi connectivity index (χ3n) is 6.07. The molecule has 2 heterocycles. The highest BCUT2D eigenvalue weighted by Crippen LogP contribution is 2.35. The summed E-state index contributed by atoms with van der Waals surface area (Å²) in [5.74, 6) is 0.752. The van der Waals surface area contributed by atoms with Crippen LogP contribution in [0.3, 0.4) is 0 Å². The first-order chi connectivity index (χ1) is 14.0. The van der Waals surface area contributed by atoms with Crippen LogP contribution in [0.15, 0.2) is 75.0 Å².